The third kappa shape index (κ3) is 4.13. The molecule has 1 aliphatic heterocycles. The molecule has 0 bridgehead atoms. The van der Waals surface area contributed by atoms with Gasteiger partial charge in [-0.3, -0.25) is 14.5 Å². The fourth-order valence-electron chi connectivity index (χ4n) is 3.34. The molecular weight excluding hydrogens is 402 g/mol. The second kappa shape index (κ2) is 8.16. The predicted octanol–water partition coefficient (Wildman–Crippen LogP) is 3.57. The molecule has 3 aromatic rings. The summed E-state index contributed by atoms with van der Waals surface area (Å²) in [6.07, 6.45) is 1.44. The van der Waals surface area contributed by atoms with Crippen LogP contribution in [0.15, 0.2) is 70.6 Å². The number of rotatable bonds is 5. The minimum absolute atomic E-state index is 0.0559. The van der Waals surface area contributed by atoms with Gasteiger partial charge in [0.1, 0.15) is 11.6 Å². The van der Waals surface area contributed by atoms with Crippen LogP contribution in [0.3, 0.4) is 0 Å². The topological polar surface area (TPSA) is 96.9 Å². The van der Waals surface area contributed by atoms with E-state index in [2.05, 4.69) is 15.0 Å². The first-order valence-electron chi connectivity index (χ1n) is 9.50. The van der Waals surface area contributed by atoms with E-state index in [1.807, 2.05) is 24.3 Å². The highest BCUT2D eigenvalue weighted by Crippen LogP contribution is 2.27. The van der Waals surface area contributed by atoms with E-state index in [1.165, 1.54) is 19.2 Å². The van der Waals surface area contributed by atoms with E-state index in [-0.39, 0.29) is 10.8 Å². The number of amides is 1. The van der Waals surface area contributed by atoms with E-state index in [0.29, 0.717) is 35.8 Å². The van der Waals surface area contributed by atoms with E-state index < -0.39 is 10.0 Å². The van der Waals surface area contributed by atoms with Gasteiger partial charge in [0, 0.05) is 18.7 Å². The van der Waals surface area contributed by atoms with E-state index in [1.54, 1.807) is 24.3 Å². The molecule has 154 valence electrons. The van der Waals surface area contributed by atoms with Crippen molar-refractivity contribution in [3.05, 3.63) is 66.2 Å². The summed E-state index contributed by atoms with van der Waals surface area (Å²) in [6.45, 7) is 0.627. The summed E-state index contributed by atoms with van der Waals surface area (Å²) in [5, 5.41) is 4.62. The zero-order valence-corrected chi connectivity index (χ0v) is 17.2. The van der Waals surface area contributed by atoms with Crippen LogP contribution in [0.1, 0.15) is 23.2 Å². The van der Waals surface area contributed by atoms with Crippen LogP contribution in [0.5, 0.6) is 5.75 Å². The van der Waals surface area contributed by atoms with E-state index in [0.717, 1.165) is 17.2 Å². The summed E-state index contributed by atoms with van der Waals surface area (Å²) >= 11 is 0. The molecule has 0 unspecified atom stereocenters. The average Bonchev–Trinajstić information content (AvgIpc) is 3.25. The molecule has 1 amide bonds. The number of hydrogen-bond donors (Lipinski definition) is 2. The van der Waals surface area contributed by atoms with Crippen LogP contribution in [0.4, 0.5) is 5.69 Å². The first-order chi connectivity index (χ1) is 14.5. The van der Waals surface area contributed by atoms with Gasteiger partial charge in [0.2, 0.25) is 0 Å². The highest BCUT2D eigenvalue weighted by atomic mass is 32.2. The van der Waals surface area contributed by atoms with Crippen molar-refractivity contribution in [1.82, 2.24) is 4.72 Å². The number of aliphatic imine (C=N–C) groups is 1. The summed E-state index contributed by atoms with van der Waals surface area (Å²) in [5.74, 6) is 0.515. The van der Waals surface area contributed by atoms with Crippen molar-refractivity contribution in [2.24, 2.45) is 4.99 Å². The van der Waals surface area contributed by atoms with Gasteiger partial charge in [-0.05, 0) is 47.5 Å². The normalized spacial score (nSPS) is 13.7. The lowest BCUT2D eigenvalue weighted by atomic mass is 10.1. The fraction of sp³-hybridized carbons (Fsp3) is 0.182. The zero-order chi connectivity index (χ0) is 21.1. The molecule has 0 saturated heterocycles. The lowest BCUT2D eigenvalue weighted by molar-refractivity contribution is 0.102. The number of benzene rings is 3. The van der Waals surface area contributed by atoms with Crippen LogP contribution in [-0.2, 0) is 10.0 Å². The number of amidine groups is 1. The first kappa shape index (κ1) is 19.9. The summed E-state index contributed by atoms with van der Waals surface area (Å²) < 4.78 is 33.1. The van der Waals surface area contributed by atoms with Gasteiger partial charge >= 0.3 is 0 Å². The maximum absolute atomic E-state index is 12.9. The molecule has 0 radical (unpaired) electrons. The molecular formula is C22H21N3O4S. The summed E-state index contributed by atoms with van der Waals surface area (Å²) in [6, 6.07) is 17.3. The van der Waals surface area contributed by atoms with Crippen LogP contribution >= 0.6 is 0 Å². The maximum atomic E-state index is 12.9. The van der Waals surface area contributed by atoms with E-state index >= 15 is 0 Å². The van der Waals surface area contributed by atoms with Crippen molar-refractivity contribution in [3.63, 3.8) is 0 Å². The number of methoxy groups -OCH3 is 1. The number of sulfonamides is 1. The molecule has 7 nitrogen and oxygen atoms in total. The van der Waals surface area contributed by atoms with Crippen LogP contribution in [0.2, 0.25) is 0 Å². The van der Waals surface area contributed by atoms with Crippen LogP contribution < -0.4 is 14.8 Å². The van der Waals surface area contributed by atoms with Gasteiger partial charge in [-0.1, -0.05) is 30.3 Å². The van der Waals surface area contributed by atoms with Gasteiger partial charge in [0.25, 0.3) is 15.9 Å². The Bertz CT molecular complexity index is 1250. The zero-order valence-electron chi connectivity index (χ0n) is 16.4. The van der Waals surface area contributed by atoms with Crippen molar-refractivity contribution < 1.29 is 17.9 Å². The largest absolute Gasteiger partial charge is 0.496 e. The quantitative estimate of drug-likeness (QED) is 0.656. The Kier molecular flexibility index (Phi) is 5.41. The summed E-state index contributed by atoms with van der Waals surface area (Å²) in [4.78, 5) is 17.1. The minimum Gasteiger partial charge on any atom is -0.496 e. The third-order valence-electron chi connectivity index (χ3n) is 4.84. The Morgan fingerprint density at radius 2 is 1.80 bits per heavy atom. The van der Waals surface area contributed by atoms with E-state index in [4.69, 9.17) is 4.74 Å². The Hall–Kier alpha value is -3.39. The van der Waals surface area contributed by atoms with Gasteiger partial charge < -0.3 is 10.1 Å². The fourth-order valence-corrected chi connectivity index (χ4v) is 4.48. The van der Waals surface area contributed by atoms with Crippen molar-refractivity contribution in [1.29, 1.82) is 0 Å². The third-order valence-corrected chi connectivity index (χ3v) is 6.22. The molecule has 4 rings (SSSR count). The van der Waals surface area contributed by atoms with Gasteiger partial charge in [0.15, 0.2) is 0 Å². The second-order valence-corrected chi connectivity index (χ2v) is 8.60. The Balaban J connectivity index is 1.60. The summed E-state index contributed by atoms with van der Waals surface area (Å²) in [5.41, 5.74) is 0.731. The number of anilines is 1. The number of ether oxygens (including phenoxy) is 1. The molecule has 1 heterocycles. The maximum Gasteiger partial charge on any atom is 0.262 e. The van der Waals surface area contributed by atoms with Crippen LogP contribution in [-0.4, -0.2) is 33.8 Å². The molecule has 0 aliphatic carbocycles. The SMILES string of the molecule is COc1cc2ccccc2cc1C(=O)Nc1cccc(S(=O)(=O)NC2=NCCC2)c1. The van der Waals surface area contributed by atoms with Gasteiger partial charge in [-0.25, -0.2) is 8.42 Å². The smallest absolute Gasteiger partial charge is 0.262 e. The lowest BCUT2D eigenvalue weighted by Gasteiger charge is -2.12. The van der Waals surface area contributed by atoms with Gasteiger partial charge in [-0.2, -0.15) is 0 Å². The molecule has 2 N–H and O–H groups in total. The Morgan fingerprint density at radius 1 is 1.03 bits per heavy atom. The number of nitrogens with zero attached hydrogens (tertiary/aromatic N) is 1. The molecule has 8 heteroatoms. The Morgan fingerprint density at radius 3 is 2.50 bits per heavy atom. The van der Waals surface area contributed by atoms with Crippen LogP contribution in [0.25, 0.3) is 10.8 Å². The number of carbonyl (C=O) groups is 1. The number of hydrogen-bond acceptors (Lipinski definition) is 5. The van der Waals surface area contributed by atoms with Gasteiger partial charge in [0.05, 0.1) is 17.6 Å². The standard InChI is InChI=1S/C22H21N3O4S/c1-29-20-13-16-7-3-2-6-15(16)12-19(20)22(26)24-17-8-4-9-18(14-17)30(27,28)25-21-10-5-11-23-21/h2-4,6-9,12-14H,5,10-11H2,1H3,(H,23,25)(H,24,26). The number of fused-ring (bicyclic) bond motifs is 1. The minimum atomic E-state index is -3.77. The molecule has 0 spiro atoms. The monoisotopic (exact) mass is 423 g/mol. The van der Waals surface area contributed by atoms with Gasteiger partial charge in [-0.15, -0.1) is 0 Å². The first-order valence-corrected chi connectivity index (χ1v) is 11.0. The molecule has 0 aromatic heterocycles. The van der Waals surface area contributed by atoms with Crippen molar-refractivity contribution >= 4 is 38.2 Å². The highest BCUT2D eigenvalue weighted by Gasteiger charge is 2.19. The van der Waals surface area contributed by atoms with Crippen molar-refractivity contribution in [3.8, 4) is 5.75 Å². The molecule has 0 fully saturated rings. The molecule has 0 saturated carbocycles. The summed E-state index contributed by atoms with van der Waals surface area (Å²) in [7, 11) is -2.26. The van der Waals surface area contributed by atoms with E-state index in [9.17, 15) is 13.2 Å². The Labute approximate surface area is 174 Å². The number of nitrogens with one attached hydrogen (secondary N) is 2. The number of carbonyl (C=O) groups excluding carboxylic acids is 1. The predicted molar refractivity (Wildman–Crippen MR) is 117 cm³/mol. The molecule has 30 heavy (non-hydrogen) atoms. The molecule has 1 aliphatic rings. The second-order valence-electron chi connectivity index (χ2n) is 6.92. The molecule has 0 atom stereocenters. The lowest BCUT2D eigenvalue weighted by Crippen LogP contribution is -2.29. The average molecular weight is 423 g/mol. The highest BCUT2D eigenvalue weighted by molar-refractivity contribution is 7.90. The van der Waals surface area contributed by atoms with Crippen molar-refractivity contribution in [2.45, 2.75) is 17.7 Å². The molecule has 3 aromatic carbocycles. The van der Waals surface area contributed by atoms with Crippen LogP contribution in [0, 0.1) is 0 Å². The van der Waals surface area contributed by atoms with Crippen molar-refractivity contribution in [2.75, 3.05) is 19.0 Å².